The molecule has 0 saturated carbocycles. The number of cyclic esters (lactones) is 1. The molecule has 1 aliphatic rings. The van der Waals surface area contributed by atoms with Crippen molar-refractivity contribution in [2.75, 3.05) is 7.05 Å². The summed E-state index contributed by atoms with van der Waals surface area (Å²) in [6.07, 6.45) is 7.14. The second kappa shape index (κ2) is 19.5. The smallest absolute Gasteiger partial charge is 0.608 e. The number of nitrogens with two attached hydrogens (primary N) is 1. The molecule has 1 fully saturated rings. The van der Waals surface area contributed by atoms with Crippen molar-refractivity contribution in [3.63, 3.8) is 0 Å². The Bertz CT molecular complexity index is 1100. The number of amides is 1. The summed E-state index contributed by atoms with van der Waals surface area (Å²) in [5.74, 6) is -1.40. The van der Waals surface area contributed by atoms with E-state index >= 15 is 0 Å². The Morgan fingerprint density at radius 2 is 1.33 bits per heavy atom. The number of hydrogen-bond donors (Lipinski definition) is 2. The topological polar surface area (TPSA) is 155 Å². The number of ether oxygens (including phenoxy) is 1. The molecule has 1 heterocycles. The van der Waals surface area contributed by atoms with Gasteiger partial charge in [-0.3, -0.25) is 19.2 Å². The minimum atomic E-state index is -1.02. The largest absolute Gasteiger partial charge is 1.00 e. The molecule has 0 aromatic heterocycles. The minimum absolute atomic E-state index is 0. The van der Waals surface area contributed by atoms with Crippen molar-refractivity contribution in [3.05, 3.63) is 41.3 Å². The molecule has 1 aliphatic heterocycles. The Balaban J connectivity index is -0.000000754. The molecule has 0 bridgehead atoms. The zero-order chi connectivity index (χ0) is 36.2. The molecule has 0 aromatic rings. The van der Waals surface area contributed by atoms with Gasteiger partial charge in [-0.05, 0) is 58.9 Å². The fraction of sp³-hybridized carbons (Fsp3) is 0.694. The molecule has 10 heteroatoms. The maximum Gasteiger partial charge on any atom is 1.00 e. The van der Waals surface area contributed by atoms with Crippen LogP contribution in [0.3, 0.4) is 0 Å². The normalized spacial score (nSPS) is 20.9. The average Bonchev–Trinajstić information content (AvgIpc) is 3.25. The molecule has 46 heavy (non-hydrogen) atoms. The molecule has 5 atom stereocenters. The summed E-state index contributed by atoms with van der Waals surface area (Å²) in [5, 5.41) is 14.5. The van der Waals surface area contributed by atoms with Gasteiger partial charge in [-0.15, -0.1) is 0 Å². The van der Waals surface area contributed by atoms with E-state index in [9.17, 15) is 29.1 Å². The van der Waals surface area contributed by atoms with Gasteiger partial charge < -0.3 is 25.7 Å². The molecule has 1 radical (unpaired) electrons. The summed E-state index contributed by atoms with van der Waals surface area (Å²) >= 11 is 0. The predicted molar refractivity (Wildman–Crippen MR) is 182 cm³/mol. The third-order valence-electron chi connectivity index (χ3n) is 7.44. The third-order valence-corrected chi connectivity index (χ3v) is 7.44. The second-order valence-corrected chi connectivity index (χ2v) is 15.7. The van der Waals surface area contributed by atoms with Gasteiger partial charge in [0.15, 0.2) is 11.6 Å². The number of ketones is 2. The number of rotatable bonds is 10. The number of nitrogens with zero attached hydrogens (tertiary/aromatic N) is 1. The van der Waals surface area contributed by atoms with Gasteiger partial charge in [-0.2, -0.15) is 0 Å². The molecule has 1 rings (SSSR count). The van der Waals surface area contributed by atoms with Gasteiger partial charge in [0.05, 0.1) is 12.0 Å². The van der Waals surface area contributed by atoms with E-state index in [-0.39, 0.29) is 53.7 Å². The molecule has 9 nitrogen and oxygen atoms in total. The van der Waals surface area contributed by atoms with E-state index in [4.69, 9.17) is 4.74 Å². The fourth-order valence-electron chi connectivity index (χ4n) is 4.57. The molecule has 3 N–H and O–H groups in total. The average molecular weight is 735 g/mol. The van der Waals surface area contributed by atoms with Crippen molar-refractivity contribution in [2.45, 2.75) is 121 Å². The van der Waals surface area contributed by atoms with Crippen LogP contribution in [0.1, 0.15) is 103 Å². The Hall–Kier alpha value is -2.29. The summed E-state index contributed by atoms with van der Waals surface area (Å²) in [6, 6.07) is 0. The van der Waals surface area contributed by atoms with Crippen molar-refractivity contribution >= 4 is 30.2 Å². The van der Waals surface area contributed by atoms with E-state index in [2.05, 4.69) is 11.1 Å². The summed E-state index contributed by atoms with van der Waals surface area (Å²) in [7, 11) is 1.50. The van der Waals surface area contributed by atoms with Gasteiger partial charge in [0.2, 0.25) is 6.09 Å². The standard InChI is InChI=1S/C18H29NO4.C17H28O3.CH5N.Ru/c1-12(13(21)8-9-16(2,3)4)14-18(10-11-20,17(5,6)7)19-15(22)23-14;1-12(14(19)8-10-16(2,3)4)15(20)13(9-11-18)17(5,6)7;1-2;/h8-9,11-12,14H,10H2,1-7H3,(H,19,22);8-12,15,20H,1-7H3;2H2,1H3;/q;;;+1/p-1/b9-8+;10-8+,13-9+;;/t12-,14?,18?;12-,15?;;/m00../s1. The van der Waals surface area contributed by atoms with E-state index in [0.29, 0.717) is 11.9 Å². The molecule has 0 aromatic carbocycles. The Morgan fingerprint density at radius 3 is 1.67 bits per heavy atom. The number of allylic oxidation sites excluding steroid dienone is 5. The molecule has 265 valence electrons. The number of carbonyl (C=O) groups excluding carboxylic acids is 5. The van der Waals surface area contributed by atoms with Crippen molar-refractivity contribution in [1.29, 1.82) is 0 Å². The first-order valence-electron chi connectivity index (χ1n) is 15.5. The minimum Gasteiger partial charge on any atom is -0.608 e. The number of aldehydes is 2. The Morgan fingerprint density at radius 1 is 0.891 bits per heavy atom. The van der Waals surface area contributed by atoms with E-state index in [0.717, 1.165) is 6.29 Å². The molecule has 0 spiro atoms. The van der Waals surface area contributed by atoms with Crippen LogP contribution in [0.4, 0.5) is 4.79 Å². The van der Waals surface area contributed by atoms with Crippen LogP contribution in [0.25, 0.3) is 5.32 Å². The first-order valence-corrected chi connectivity index (χ1v) is 15.5. The Kier molecular flexibility index (Phi) is 20.4. The molecule has 1 saturated heterocycles. The maximum absolute atomic E-state index is 12.5. The van der Waals surface area contributed by atoms with E-state index in [1.54, 1.807) is 13.8 Å². The summed E-state index contributed by atoms with van der Waals surface area (Å²) in [6.45, 7) is 26.8. The van der Waals surface area contributed by atoms with Crippen LogP contribution in [-0.4, -0.2) is 60.1 Å². The van der Waals surface area contributed by atoms with Gasteiger partial charge in [0.1, 0.15) is 18.7 Å². The number of carbonyl (C=O) groups is 5. The van der Waals surface area contributed by atoms with Crippen LogP contribution >= 0.6 is 0 Å². The van der Waals surface area contributed by atoms with E-state index in [1.807, 2.05) is 95.2 Å². The molecular weight excluding hydrogens is 673 g/mol. The first kappa shape index (κ1) is 48.1. The SMILES string of the molecule is CN.C[C@@H](C(=O)/C=C/C(C)(C)C)C(O)/C(=C\C=O)C(C)(C)C.C[C@@H](C(=O)/C=C/C(C)(C)C)C1OC(=O)[N-]C1(CC=O)C(C)(C)C.[Ru+]. The van der Waals surface area contributed by atoms with Gasteiger partial charge in [0.25, 0.3) is 0 Å². The molecule has 3 unspecified atom stereocenters. The number of aliphatic hydroxyl groups is 1. The van der Waals surface area contributed by atoms with Crippen LogP contribution in [0, 0.1) is 33.5 Å². The van der Waals surface area contributed by atoms with E-state index < -0.39 is 41.1 Å². The van der Waals surface area contributed by atoms with Crippen molar-refractivity contribution < 1.29 is 53.3 Å². The van der Waals surface area contributed by atoms with Crippen molar-refractivity contribution in [1.82, 2.24) is 0 Å². The van der Waals surface area contributed by atoms with Crippen LogP contribution in [0.15, 0.2) is 36.0 Å². The van der Waals surface area contributed by atoms with Crippen molar-refractivity contribution in [3.8, 4) is 0 Å². The second-order valence-electron chi connectivity index (χ2n) is 15.7. The van der Waals surface area contributed by atoms with Gasteiger partial charge in [-0.25, -0.2) is 0 Å². The Labute approximate surface area is 291 Å². The zero-order valence-electron chi connectivity index (χ0n) is 30.8. The van der Waals surface area contributed by atoms with Crippen LogP contribution in [-0.2, 0) is 43.4 Å². The van der Waals surface area contributed by atoms with Gasteiger partial charge in [0, 0.05) is 5.92 Å². The van der Waals surface area contributed by atoms with Crippen LogP contribution in [0.5, 0.6) is 0 Å². The van der Waals surface area contributed by atoms with E-state index in [1.165, 1.54) is 25.3 Å². The van der Waals surface area contributed by atoms with Gasteiger partial charge in [-0.1, -0.05) is 115 Å². The molecular formula is C36H61N2O7Ru. The maximum atomic E-state index is 12.5. The van der Waals surface area contributed by atoms with Crippen LogP contribution in [0.2, 0.25) is 0 Å². The summed E-state index contributed by atoms with van der Waals surface area (Å²) in [5.41, 5.74) is 3.02. The molecule has 0 aliphatic carbocycles. The van der Waals surface area contributed by atoms with Crippen LogP contribution < -0.4 is 5.73 Å². The quantitative estimate of drug-likeness (QED) is 0.139. The first-order chi connectivity index (χ1) is 20.2. The van der Waals surface area contributed by atoms with Crippen molar-refractivity contribution in [2.24, 2.45) is 39.2 Å². The molecule has 1 amide bonds. The summed E-state index contributed by atoms with van der Waals surface area (Å²) in [4.78, 5) is 58.3. The zero-order valence-corrected chi connectivity index (χ0v) is 32.6. The number of aliphatic hydroxyl groups excluding tert-OH is 1. The summed E-state index contributed by atoms with van der Waals surface area (Å²) < 4.78 is 5.35. The predicted octanol–water partition coefficient (Wildman–Crippen LogP) is 6.96. The fourth-order valence-corrected chi connectivity index (χ4v) is 4.57. The monoisotopic (exact) mass is 735 g/mol. The third kappa shape index (κ3) is 15.5. The number of hydrogen-bond acceptors (Lipinski definition) is 8. The van der Waals surface area contributed by atoms with Gasteiger partial charge >= 0.3 is 19.5 Å².